The van der Waals surface area contributed by atoms with E-state index in [4.69, 9.17) is 5.11 Å². The molecule has 0 saturated carbocycles. The van der Waals surface area contributed by atoms with Gasteiger partial charge in [-0.05, 0) is 32.1 Å². The number of allylic oxidation sites excluding steroid dienone is 7. The Morgan fingerprint density at radius 3 is 2.35 bits per heavy atom. The second-order valence-electron chi connectivity index (χ2n) is 5.58. The Labute approximate surface area is 141 Å². The third-order valence-electron chi connectivity index (χ3n) is 3.32. The summed E-state index contributed by atoms with van der Waals surface area (Å²) in [5.41, 5.74) is 0. The van der Waals surface area contributed by atoms with Gasteiger partial charge in [0.15, 0.2) is 0 Å². The van der Waals surface area contributed by atoms with E-state index < -0.39 is 5.97 Å². The summed E-state index contributed by atoms with van der Waals surface area (Å²) < 4.78 is 0. The van der Waals surface area contributed by atoms with Gasteiger partial charge in [-0.3, -0.25) is 4.79 Å². The summed E-state index contributed by atoms with van der Waals surface area (Å²) in [4.78, 5) is 10.3. The third-order valence-corrected chi connectivity index (χ3v) is 3.32. The lowest BCUT2D eigenvalue weighted by atomic mass is 10.1. The van der Waals surface area contributed by atoms with Crippen molar-refractivity contribution < 1.29 is 15.0 Å². The molecule has 0 bridgehead atoms. The van der Waals surface area contributed by atoms with Gasteiger partial charge in [-0.2, -0.15) is 0 Å². The van der Waals surface area contributed by atoms with E-state index in [-0.39, 0.29) is 12.5 Å². The summed E-state index contributed by atoms with van der Waals surface area (Å²) in [7, 11) is 0. The minimum Gasteiger partial charge on any atom is -0.481 e. The zero-order valence-electron chi connectivity index (χ0n) is 14.4. The monoisotopic (exact) mass is 320 g/mol. The first kappa shape index (κ1) is 21.4. The molecule has 0 aromatic carbocycles. The number of carboxylic acids is 1. The molecule has 0 fully saturated rings. The Kier molecular flexibility index (Phi) is 15.6. The maximum atomic E-state index is 10.3. The molecule has 0 amide bonds. The number of rotatable bonds is 14. The highest BCUT2D eigenvalue weighted by Crippen LogP contribution is 2.04. The van der Waals surface area contributed by atoms with E-state index in [9.17, 15) is 9.90 Å². The molecule has 23 heavy (non-hydrogen) atoms. The van der Waals surface area contributed by atoms with Gasteiger partial charge in [0.05, 0.1) is 6.10 Å². The summed E-state index contributed by atoms with van der Waals surface area (Å²) in [6.07, 6.45) is 23.6. The molecule has 0 aliphatic carbocycles. The first-order valence-corrected chi connectivity index (χ1v) is 8.70. The van der Waals surface area contributed by atoms with Crippen molar-refractivity contribution in [3.8, 4) is 0 Å². The number of aliphatic hydroxyl groups excluding tert-OH is 1. The molecule has 0 aliphatic rings. The number of carbonyl (C=O) groups is 1. The van der Waals surface area contributed by atoms with Crippen molar-refractivity contribution in [1.82, 2.24) is 0 Å². The number of aliphatic hydroxyl groups is 1. The summed E-state index contributed by atoms with van der Waals surface area (Å²) in [5.74, 6) is -0.729. The summed E-state index contributed by atoms with van der Waals surface area (Å²) >= 11 is 0. The number of carboxylic acid groups (broad SMARTS) is 1. The first-order chi connectivity index (χ1) is 11.2. The second kappa shape index (κ2) is 16.8. The van der Waals surface area contributed by atoms with Crippen LogP contribution < -0.4 is 0 Å². The molecule has 0 saturated heterocycles. The largest absolute Gasteiger partial charge is 0.481 e. The lowest BCUT2D eigenvalue weighted by molar-refractivity contribution is -0.137. The van der Waals surface area contributed by atoms with Crippen LogP contribution >= 0.6 is 0 Å². The highest BCUT2D eigenvalue weighted by molar-refractivity contribution is 5.66. The molecule has 3 heteroatoms. The van der Waals surface area contributed by atoms with Gasteiger partial charge in [0.25, 0.3) is 0 Å². The van der Waals surface area contributed by atoms with Crippen molar-refractivity contribution in [2.45, 2.75) is 70.8 Å². The van der Waals surface area contributed by atoms with Crippen LogP contribution in [0.5, 0.6) is 0 Å². The second-order valence-corrected chi connectivity index (χ2v) is 5.58. The molecule has 0 radical (unpaired) electrons. The summed E-state index contributed by atoms with van der Waals surface area (Å²) in [5, 5.41) is 18.2. The zero-order valence-corrected chi connectivity index (χ0v) is 14.4. The van der Waals surface area contributed by atoms with E-state index in [1.807, 2.05) is 24.3 Å². The minimum atomic E-state index is -0.729. The van der Waals surface area contributed by atoms with Crippen molar-refractivity contribution in [2.75, 3.05) is 0 Å². The predicted octanol–water partition coefficient (Wildman–Crippen LogP) is 5.19. The molecule has 0 aromatic heterocycles. The van der Waals surface area contributed by atoms with E-state index in [1.165, 1.54) is 12.8 Å². The van der Waals surface area contributed by atoms with E-state index in [0.717, 1.165) is 32.1 Å². The highest BCUT2D eigenvalue weighted by Gasteiger charge is 1.96. The fourth-order valence-corrected chi connectivity index (χ4v) is 1.98. The first-order valence-electron chi connectivity index (χ1n) is 8.70. The standard InChI is InChI=1S/C20H32O3/c1-2-3-13-16-19(21)17-14-11-9-7-5-4-6-8-10-12-15-18-20(22)23/h4-5,8-11,14,17,19,21H,2-3,6-7,12-13,15-16,18H2,1H3,(H,22,23)/b5-4-,10-8+,11-9+,17-14+/t19-/m0/s1. The van der Waals surface area contributed by atoms with Gasteiger partial charge in [-0.25, -0.2) is 0 Å². The smallest absolute Gasteiger partial charge is 0.303 e. The Bertz CT molecular complexity index is 392. The van der Waals surface area contributed by atoms with Crippen LogP contribution in [0, 0.1) is 0 Å². The average molecular weight is 320 g/mol. The minimum absolute atomic E-state index is 0.242. The number of hydrogen-bond donors (Lipinski definition) is 2. The van der Waals surface area contributed by atoms with Crippen LogP contribution in [-0.4, -0.2) is 22.3 Å². The fraction of sp³-hybridized carbons (Fsp3) is 0.550. The Morgan fingerprint density at radius 1 is 0.957 bits per heavy atom. The van der Waals surface area contributed by atoms with Gasteiger partial charge in [0, 0.05) is 6.42 Å². The van der Waals surface area contributed by atoms with Crippen LogP contribution in [0.25, 0.3) is 0 Å². The van der Waals surface area contributed by atoms with Crippen LogP contribution in [0.4, 0.5) is 0 Å². The molecular weight excluding hydrogens is 288 g/mol. The van der Waals surface area contributed by atoms with Crippen molar-refractivity contribution in [3.63, 3.8) is 0 Å². The predicted molar refractivity (Wildman–Crippen MR) is 97.4 cm³/mol. The molecule has 0 aromatic rings. The van der Waals surface area contributed by atoms with Crippen molar-refractivity contribution >= 4 is 5.97 Å². The highest BCUT2D eigenvalue weighted by atomic mass is 16.4. The SMILES string of the molecule is CCCCC[C@H](O)/C=C/C=C/C/C=C\C/C=C/CCCC(=O)O. The van der Waals surface area contributed by atoms with Gasteiger partial charge in [0.2, 0.25) is 0 Å². The van der Waals surface area contributed by atoms with Crippen molar-refractivity contribution in [2.24, 2.45) is 0 Å². The fourth-order valence-electron chi connectivity index (χ4n) is 1.98. The van der Waals surface area contributed by atoms with E-state index in [2.05, 4.69) is 31.2 Å². The van der Waals surface area contributed by atoms with Gasteiger partial charge < -0.3 is 10.2 Å². The molecule has 0 aliphatic heterocycles. The van der Waals surface area contributed by atoms with Gasteiger partial charge in [-0.15, -0.1) is 0 Å². The van der Waals surface area contributed by atoms with Crippen LogP contribution in [0.3, 0.4) is 0 Å². The maximum absolute atomic E-state index is 10.3. The van der Waals surface area contributed by atoms with Crippen molar-refractivity contribution in [3.05, 3.63) is 48.6 Å². The van der Waals surface area contributed by atoms with Gasteiger partial charge in [-0.1, -0.05) is 74.8 Å². The third kappa shape index (κ3) is 18.3. The molecule has 0 unspecified atom stereocenters. The molecule has 130 valence electrons. The van der Waals surface area contributed by atoms with Crippen LogP contribution in [0.1, 0.15) is 64.7 Å². The number of unbranched alkanes of at least 4 members (excludes halogenated alkanes) is 3. The van der Waals surface area contributed by atoms with E-state index >= 15 is 0 Å². The lowest BCUT2D eigenvalue weighted by Gasteiger charge is -2.02. The van der Waals surface area contributed by atoms with E-state index in [0.29, 0.717) is 6.42 Å². The van der Waals surface area contributed by atoms with Crippen LogP contribution in [0.2, 0.25) is 0 Å². The number of hydrogen-bond acceptors (Lipinski definition) is 2. The molecule has 3 nitrogen and oxygen atoms in total. The Balaban J connectivity index is 3.57. The lowest BCUT2D eigenvalue weighted by Crippen LogP contribution is -2.00. The van der Waals surface area contributed by atoms with Gasteiger partial charge in [0.1, 0.15) is 0 Å². The van der Waals surface area contributed by atoms with Crippen molar-refractivity contribution in [1.29, 1.82) is 0 Å². The molecule has 1 atom stereocenters. The summed E-state index contributed by atoms with van der Waals surface area (Å²) in [6, 6.07) is 0. The maximum Gasteiger partial charge on any atom is 0.303 e. The topological polar surface area (TPSA) is 57.5 Å². The van der Waals surface area contributed by atoms with Crippen LogP contribution in [-0.2, 0) is 4.79 Å². The quantitative estimate of drug-likeness (QED) is 0.263. The number of aliphatic carboxylic acids is 1. The molecule has 0 spiro atoms. The summed E-state index contributed by atoms with van der Waals surface area (Å²) in [6.45, 7) is 2.16. The average Bonchev–Trinajstić information content (AvgIpc) is 2.51. The van der Waals surface area contributed by atoms with Crippen LogP contribution in [0.15, 0.2) is 48.6 Å². The zero-order chi connectivity index (χ0) is 17.2. The Hall–Kier alpha value is -1.61. The Morgan fingerprint density at radius 2 is 1.65 bits per heavy atom. The molecular formula is C20H32O3. The molecule has 0 heterocycles. The van der Waals surface area contributed by atoms with E-state index in [1.54, 1.807) is 0 Å². The van der Waals surface area contributed by atoms with Gasteiger partial charge >= 0.3 is 5.97 Å². The molecule has 2 N–H and O–H groups in total. The molecule has 0 rings (SSSR count). The normalized spacial score (nSPS) is 13.8.